The predicted octanol–water partition coefficient (Wildman–Crippen LogP) is 3.27. The van der Waals surface area contributed by atoms with Crippen molar-refractivity contribution in [2.45, 2.75) is 57.9 Å². The van der Waals surface area contributed by atoms with Crippen LogP contribution in [0.4, 0.5) is 10.3 Å². The van der Waals surface area contributed by atoms with Crippen molar-refractivity contribution in [1.29, 1.82) is 0 Å². The summed E-state index contributed by atoms with van der Waals surface area (Å²) < 4.78 is 71.0. The van der Waals surface area contributed by atoms with Gasteiger partial charge in [0.05, 0.1) is 40.0 Å². The predicted molar refractivity (Wildman–Crippen MR) is 143 cm³/mol. The van der Waals surface area contributed by atoms with E-state index in [1.165, 1.54) is 32.2 Å². The molecule has 1 saturated heterocycles. The number of nitrogens with zero attached hydrogens (tertiary/aromatic N) is 4. The van der Waals surface area contributed by atoms with Gasteiger partial charge in [-0.1, -0.05) is 31.0 Å². The van der Waals surface area contributed by atoms with E-state index in [0.717, 1.165) is 10.9 Å². The van der Waals surface area contributed by atoms with Crippen molar-refractivity contribution in [1.82, 2.24) is 19.5 Å². The molecule has 0 aliphatic carbocycles. The van der Waals surface area contributed by atoms with Crippen LogP contribution in [0.3, 0.4) is 0 Å². The Morgan fingerprint density at radius 3 is 2.75 bits per heavy atom. The number of aliphatic hydroxyl groups is 1. The van der Waals surface area contributed by atoms with Gasteiger partial charge >= 0.3 is 13.6 Å². The molecule has 2 aromatic heterocycles. The maximum Gasteiger partial charge on any atom is 0.380 e. The minimum atomic E-state index is -4.56. The quantitative estimate of drug-likeness (QED) is 0.207. The van der Waals surface area contributed by atoms with Crippen molar-refractivity contribution in [2.24, 2.45) is 5.92 Å². The topological polar surface area (TPSA) is 161 Å². The van der Waals surface area contributed by atoms with Gasteiger partial charge in [-0.3, -0.25) is 13.9 Å². The SMILES string of the molecule is [2H]C([2H])(O[P@@](=O)(C[C@@H](C)C(=O)OC(C)C)Oc1ccccc1)[C@H]1O[C@@H](n2cnc3cnc(N)nc32)C(F)(C#CC)[C@H]1O. The zero-order chi connectivity index (χ0) is 30.9. The Morgan fingerprint density at radius 2 is 2.08 bits per heavy atom. The second-order valence-corrected chi connectivity index (χ2v) is 11.3. The molecule has 0 saturated carbocycles. The number of hydrogen-bond acceptors (Lipinski definition) is 11. The van der Waals surface area contributed by atoms with Crippen LogP contribution < -0.4 is 10.3 Å². The van der Waals surface area contributed by atoms with Crippen molar-refractivity contribution < 1.29 is 40.1 Å². The monoisotopic (exact) mass is 577 g/mol. The normalized spacial score (nSPS) is 25.8. The first-order chi connectivity index (χ1) is 19.7. The third-order valence-corrected chi connectivity index (χ3v) is 7.67. The standard InChI is InChI=1S/C26H31FN5O7P/c1-5-11-26(27)21(33)20(38-24(26)32-15-30-19-12-29-25(28)31-22(19)32)13-36-40(35,39-18-9-7-6-8-10-18)14-17(4)23(34)37-16(2)3/h6-10,12,15-17,20-21,24,33H,13-14H2,1-4H3,(H2,28,29,31)/t17-,20-,21+,24-,26?,40+/m1/s1/i13D2. The van der Waals surface area contributed by atoms with Crippen LogP contribution in [0, 0.1) is 17.8 Å². The van der Waals surface area contributed by atoms with E-state index >= 15 is 4.39 Å². The average molecular weight is 578 g/mol. The number of alkyl halides is 1. The summed E-state index contributed by atoms with van der Waals surface area (Å²) in [6.07, 6.45) is -4.72. The number of imidazole rings is 1. The number of nitrogen functional groups attached to an aromatic ring is 1. The fourth-order valence-corrected chi connectivity index (χ4v) is 5.72. The van der Waals surface area contributed by atoms with Gasteiger partial charge in [-0.05, 0) is 32.9 Å². The van der Waals surface area contributed by atoms with Gasteiger partial charge in [0, 0.05) is 0 Å². The molecular formula is C26H31FN5O7P. The maximum atomic E-state index is 16.5. The molecule has 1 fully saturated rings. The molecule has 0 bridgehead atoms. The lowest BCUT2D eigenvalue weighted by Gasteiger charge is -2.25. The largest absolute Gasteiger partial charge is 0.463 e. The number of anilines is 1. The fourth-order valence-electron chi connectivity index (χ4n) is 4.00. The minimum absolute atomic E-state index is 0.0392. The number of hydrogen-bond donors (Lipinski definition) is 2. The lowest BCUT2D eigenvalue weighted by Crippen LogP contribution is -2.42. The minimum Gasteiger partial charge on any atom is -0.463 e. The number of benzene rings is 1. The summed E-state index contributed by atoms with van der Waals surface area (Å²) in [6.45, 7) is 2.89. The lowest BCUT2D eigenvalue weighted by molar-refractivity contribution is -0.151. The number of aliphatic hydroxyl groups excluding tert-OH is 1. The molecule has 1 aliphatic heterocycles. The molecule has 3 aromatic rings. The first-order valence-electron chi connectivity index (χ1n) is 13.4. The van der Waals surface area contributed by atoms with Gasteiger partial charge in [-0.25, -0.2) is 18.9 Å². The van der Waals surface area contributed by atoms with Crippen molar-refractivity contribution in [3.05, 3.63) is 42.9 Å². The van der Waals surface area contributed by atoms with Gasteiger partial charge in [0.25, 0.3) is 0 Å². The Kier molecular flexibility index (Phi) is 7.93. The molecule has 14 heteroatoms. The second kappa shape index (κ2) is 11.9. The summed E-state index contributed by atoms with van der Waals surface area (Å²) in [5, 5.41) is 11.1. The van der Waals surface area contributed by atoms with E-state index in [1.54, 1.807) is 32.0 Å². The number of nitrogens with two attached hydrogens (primary N) is 1. The van der Waals surface area contributed by atoms with Gasteiger partial charge < -0.3 is 24.8 Å². The number of halogens is 1. The third-order valence-electron chi connectivity index (χ3n) is 5.80. The van der Waals surface area contributed by atoms with Crippen LogP contribution >= 0.6 is 7.60 Å². The number of carbonyl (C=O) groups excluding carboxylic acids is 1. The number of rotatable bonds is 10. The van der Waals surface area contributed by atoms with Crippen molar-refractivity contribution in [3.8, 4) is 17.6 Å². The lowest BCUT2D eigenvalue weighted by atomic mass is 9.96. The molecule has 4 rings (SSSR count). The first kappa shape index (κ1) is 26.7. The third kappa shape index (κ3) is 6.26. The molecule has 0 amide bonds. The second-order valence-electron chi connectivity index (χ2n) is 9.38. The summed E-state index contributed by atoms with van der Waals surface area (Å²) in [5.74, 6) is 2.81. The Bertz CT molecular complexity index is 1550. The molecular weight excluding hydrogens is 544 g/mol. The highest BCUT2D eigenvalue weighted by atomic mass is 31.2. The van der Waals surface area contributed by atoms with Gasteiger partial charge in [-0.15, -0.1) is 5.92 Å². The van der Waals surface area contributed by atoms with Crippen LogP contribution in [0.1, 0.15) is 36.7 Å². The van der Waals surface area contributed by atoms with E-state index in [2.05, 4.69) is 26.8 Å². The van der Waals surface area contributed by atoms with Crippen molar-refractivity contribution >= 4 is 30.7 Å². The van der Waals surface area contributed by atoms with Gasteiger partial charge in [0.2, 0.25) is 11.6 Å². The molecule has 6 atom stereocenters. The maximum absolute atomic E-state index is 16.5. The molecule has 40 heavy (non-hydrogen) atoms. The van der Waals surface area contributed by atoms with Gasteiger partial charge in [0.15, 0.2) is 11.9 Å². The summed E-state index contributed by atoms with van der Waals surface area (Å²) in [7, 11) is -4.56. The molecule has 0 spiro atoms. The zero-order valence-corrected chi connectivity index (χ0v) is 23.1. The number of fused-ring (bicyclic) bond motifs is 1. The highest BCUT2D eigenvalue weighted by Crippen LogP contribution is 2.51. The van der Waals surface area contributed by atoms with E-state index in [-0.39, 0.29) is 22.9 Å². The van der Waals surface area contributed by atoms with E-state index in [0.29, 0.717) is 0 Å². The molecule has 1 aliphatic rings. The molecule has 3 heterocycles. The van der Waals surface area contributed by atoms with E-state index in [4.69, 9.17) is 27.0 Å². The fraction of sp³-hybridized carbons (Fsp3) is 0.462. The molecule has 1 unspecified atom stereocenters. The Hall–Kier alpha value is -3.56. The van der Waals surface area contributed by atoms with Crippen LogP contribution in [0.5, 0.6) is 5.75 Å². The van der Waals surface area contributed by atoms with Gasteiger partial charge in [-0.2, -0.15) is 4.98 Å². The Labute approximate surface area is 233 Å². The van der Waals surface area contributed by atoms with Crippen LogP contribution in [0.15, 0.2) is 42.9 Å². The zero-order valence-electron chi connectivity index (χ0n) is 24.2. The first-order valence-corrected chi connectivity index (χ1v) is 14.1. The number of ether oxygens (including phenoxy) is 2. The van der Waals surface area contributed by atoms with Crippen LogP contribution in [-0.2, 0) is 23.4 Å². The molecule has 1 aromatic carbocycles. The average Bonchev–Trinajstić information content (AvgIpc) is 3.41. The highest BCUT2D eigenvalue weighted by Gasteiger charge is 2.58. The molecule has 0 radical (unpaired) electrons. The molecule has 214 valence electrons. The Morgan fingerprint density at radius 1 is 1.35 bits per heavy atom. The summed E-state index contributed by atoms with van der Waals surface area (Å²) in [5.41, 5.74) is 3.05. The summed E-state index contributed by atoms with van der Waals surface area (Å²) in [4.78, 5) is 24.5. The van der Waals surface area contributed by atoms with Crippen LogP contribution in [0.25, 0.3) is 11.2 Å². The van der Waals surface area contributed by atoms with Crippen molar-refractivity contribution in [3.63, 3.8) is 0 Å². The molecule has 3 N–H and O–H groups in total. The number of aromatic nitrogens is 4. The molecule has 12 nitrogen and oxygen atoms in total. The highest BCUT2D eigenvalue weighted by molar-refractivity contribution is 7.54. The number of carbonyl (C=O) groups is 1. The van der Waals surface area contributed by atoms with Gasteiger partial charge in [0.1, 0.15) is 23.5 Å². The van der Waals surface area contributed by atoms with Crippen LogP contribution in [0.2, 0.25) is 0 Å². The number of para-hydroxylation sites is 1. The van der Waals surface area contributed by atoms with Crippen LogP contribution in [-0.4, -0.2) is 67.3 Å². The van der Waals surface area contributed by atoms with E-state index < -0.39 is 62.4 Å². The summed E-state index contributed by atoms with van der Waals surface area (Å²) in [6, 6.07) is 7.77. The van der Waals surface area contributed by atoms with E-state index in [1.807, 2.05) is 0 Å². The van der Waals surface area contributed by atoms with E-state index in [9.17, 15) is 14.5 Å². The van der Waals surface area contributed by atoms with Crippen molar-refractivity contribution in [2.75, 3.05) is 18.5 Å². The number of esters is 1. The summed E-state index contributed by atoms with van der Waals surface area (Å²) >= 11 is 0. The smallest absolute Gasteiger partial charge is 0.380 e. The Balaban J connectivity index is 1.69.